The number of nitrogens with zero attached hydrogens (tertiary/aromatic N) is 3. The topological polar surface area (TPSA) is 114 Å². The number of pyridine rings is 1. The van der Waals surface area contributed by atoms with Gasteiger partial charge in [0.2, 0.25) is 0 Å². The van der Waals surface area contributed by atoms with E-state index in [1.165, 1.54) is 0 Å². The highest BCUT2D eigenvalue weighted by atomic mass is 35.5. The van der Waals surface area contributed by atoms with Crippen molar-refractivity contribution in [1.29, 1.82) is 0 Å². The van der Waals surface area contributed by atoms with Crippen molar-refractivity contribution < 1.29 is 19.6 Å². The number of nitro groups is 1. The highest BCUT2D eigenvalue weighted by Crippen LogP contribution is 2.22. The second-order valence-corrected chi connectivity index (χ2v) is 4.29. The number of carboxylic acid groups (broad SMARTS) is 1. The van der Waals surface area contributed by atoms with Gasteiger partial charge in [0.05, 0.1) is 4.92 Å². The van der Waals surface area contributed by atoms with Gasteiger partial charge in [-0.05, 0) is 12.5 Å². The van der Waals surface area contributed by atoms with Crippen molar-refractivity contribution in [3.8, 4) is 0 Å². The molecule has 0 aliphatic carbocycles. The molecule has 0 aromatic carbocycles. The van der Waals surface area contributed by atoms with Crippen LogP contribution in [0.2, 0.25) is 5.15 Å². The first kappa shape index (κ1) is 15.8. The highest BCUT2D eigenvalue weighted by molar-refractivity contribution is 6.29. The summed E-state index contributed by atoms with van der Waals surface area (Å²) in [6.45, 7) is 1.39. The molecule has 1 N–H and O–H groups in total. The summed E-state index contributed by atoms with van der Waals surface area (Å²) >= 11 is 5.63. The van der Waals surface area contributed by atoms with E-state index in [0.717, 1.165) is 17.2 Å². The van der Waals surface area contributed by atoms with Crippen LogP contribution in [0.5, 0.6) is 0 Å². The summed E-state index contributed by atoms with van der Waals surface area (Å²) in [4.78, 5) is 37.6. The van der Waals surface area contributed by atoms with Gasteiger partial charge in [-0.15, -0.1) is 0 Å². The van der Waals surface area contributed by atoms with Gasteiger partial charge in [-0.2, -0.15) is 0 Å². The van der Waals surface area contributed by atoms with Crippen molar-refractivity contribution >= 4 is 29.2 Å². The van der Waals surface area contributed by atoms with Gasteiger partial charge in [-0.25, -0.2) is 4.98 Å². The van der Waals surface area contributed by atoms with Crippen LogP contribution in [-0.2, 0) is 4.79 Å². The minimum Gasteiger partial charge on any atom is -0.480 e. The molecule has 0 radical (unpaired) electrons. The second kappa shape index (κ2) is 6.80. The summed E-state index contributed by atoms with van der Waals surface area (Å²) < 4.78 is 0. The van der Waals surface area contributed by atoms with Gasteiger partial charge in [-0.3, -0.25) is 19.7 Å². The van der Waals surface area contributed by atoms with Crippen molar-refractivity contribution in [1.82, 2.24) is 9.88 Å². The first-order valence-corrected chi connectivity index (χ1v) is 6.05. The van der Waals surface area contributed by atoms with Crippen molar-refractivity contribution in [2.24, 2.45) is 0 Å². The van der Waals surface area contributed by atoms with Gasteiger partial charge in [0, 0.05) is 6.54 Å². The van der Waals surface area contributed by atoms with Crippen LogP contribution in [0.3, 0.4) is 0 Å². The molecule has 0 unspecified atom stereocenters. The largest absolute Gasteiger partial charge is 0.480 e. The molecule has 1 aromatic rings. The lowest BCUT2D eigenvalue weighted by Gasteiger charge is -2.19. The number of rotatable bonds is 6. The molecule has 0 aliphatic heterocycles. The van der Waals surface area contributed by atoms with Crippen LogP contribution >= 0.6 is 11.6 Å². The van der Waals surface area contributed by atoms with Crippen molar-refractivity contribution in [2.75, 3.05) is 13.1 Å². The highest BCUT2D eigenvalue weighted by Gasteiger charge is 2.26. The number of halogens is 1. The third kappa shape index (κ3) is 3.89. The number of amides is 1. The Labute approximate surface area is 119 Å². The molecule has 108 valence electrons. The molecule has 1 amide bonds. The first-order chi connectivity index (χ1) is 9.36. The smallest absolute Gasteiger partial charge is 0.323 e. The number of aromatic nitrogens is 1. The summed E-state index contributed by atoms with van der Waals surface area (Å²) in [6, 6.07) is 1.06. The Morgan fingerprint density at radius 1 is 1.55 bits per heavy atom. The molecule has 0 atom stereocenters. The molecule has 9 heteroatoms. The molecular formula is C11H12ClN3O5. The van der Waals surface area contributed by atoms with E-state index < -0.39 is 29.0 Å². The molecule has 20 heavy (non-hydrogen) atoms. The van der Waals surface area contributed by atoms with E-state index in [0.29, 0.717) is 6.42 Å². The molecule has 0 aliphatic rings. The number of hydrogen-bond donors (Lipinski definition) is 1. The van der Waals surface area contributed by atoms with E-state index in [9.17, 15) is 19.7 Å². The SMILES string of the molecule is CCCN(CC(=O)O)C(=O)c1cc(Cl)ncc1[N+](=O)[O-]. The maximum Gasteiger partial charge on any atom is 0.323 e. The predicted octanol–water partition coefficient (Wildman–Crippen LogP) is 1.58. The fourth-order valence-corrected chi connectivity index (χ4v) is 1.75. The van der Waals surface area contributed by atoms with Crippen LogP contribution < -0.4 is 0 Å². The van der Waals surface area contributed by atoms with E-state index in [4.69, 9.17) is 16.7 Å². The molecule has 0 saturated heterocycles. The zero-order chi connectivity index (χ0) is 15.3. The number of aliphatic carboxylic acids is 1. The van der Waals surface area contributed by atoms with Gasteiger partial charge in [0.15, 0.2) is 0 Å². The van der Waals surface area contributed by atoms with Gasteiger partial charge in [-0.1, -0.05) is 18.5 Å². The molecule has 8 nitrogen and oxygen atoms in total. The monoisotopic (exact) mass is 301 g/mol. The van der Waals surface area contributed by atoms with Crippen LogP contribution in [-0.4, -0.2) is 44.9 Å². The Bertz CT molecular complexity index is 549. The van der Waals surface area contributed by atoms with Crippen molar-refractivity contribution in [3.05, 3.63) is 33.1 Å². The summed E-state index contributed by atoms with van der Waals surface area (Å²) in [5, 5.41) is 19.6. The van der Waals surface area contributed by atoms with Crippen molar-refractivity contribution in [2.45, 2.75) is 13.3 Å². The lowest BCUT2D eigenvalue weighted by molar-refractivity contribution is -0.385. The first-order valence-electron chi connectivity index (χ1n) is 5.67. The lowest BCUT2D eigenvalue weighted by atomic mass is 10.2. The maximum atomic E-state index is 12.2. The van der Waals surface area contributed by atoms with E-state index >= 15 is 0 Å². The van der Waals surface area contributed by atoms with Gasteiger partial charge in [0.1, 0.15) is 23.5 Å². The third-order valence-corrected chi connectivity index (χ3v) is 2.59. The van der Waals surface area contributed by atoms with E-state index in [-0.39, 0.29) is 17.3 Å². The van der Waals surface area contributed by atoms with Gasteiger partial charge < -0.3 is 10.0 Å². The fraction of sp³-hybridized carbons (Fsp3) is 0.364. The minimum absolute atomic E-state index is 0.0780. The normalized spacial score (nSPS) is 10.1. The molecule has 1 rings (SSSR count). The minimum atomic E-state index is -1.20. The molecule has 0 spiro atoms. The summed E-state index contributed by atoms with van der Waals surface area (Å²) in [6.07, 6.45) is 1.39. The lowest BCUT2D eigenvalue weighted by Crippen LogP contribution is -2.36. The van der Waals surface area contributed by atoms with Crippen LogP contribution in [0.15, 0.2) is 12.3 Å². The Morgan fingerprint density at radius 3 is 2.70 bits per heavy atom. The number of hydrogen-bond acceptors (Lipinski definition) is 5. The molecule has 0 bridgehead atoms. The Hall–Kier alpha value is -2.22. The fourth-order valence-electron chi connectivity index (χ4n) is 1.60. The molecule has 0 fully saturated rings. The number of carbonyl (C=O) groups is 2. The number of carbonyl (C=O) groups excluding carboxylic acids is 1. The average molecular weight is 302 g/mol. The quantitative estimate of drug-likeness (QED) is 0.485. The second-order valence-electron chi connectivity index (χ2n) is 3.90. The van der Waals surface area contributed by atoms with E-state index in [2.05, 4.69) is 4.98 Å². The zero-order valence-electron chi connectivity index (χ0n) is 10.6. The average Bonchev–Trinajstić information content (AvgIpc) is 2.36. The van der Waals surface area contributed by atoms with Gasteiger partial charge >= 0.3 is 5.97 Å². The zero-order valence-corrected chi connectivity index (χ0v) is 11.3. The van der Waals surface area contributed by atoms with Gasteiger partial charge in [0.25, 0.3) is 11.6 Å². The van der Waals surface area contributed by atoms with Crippen LogP contribution in [0.25, 0.3) is 0 Å². The molecule has 0 saturated carbocycles. The third-order valence-electron chi connectivity index (χ3n) is 2.38. The van der Waals surface area contributed by atoms with E-state index in [1.54, 1.807) is 6.92 Å². The predicted molar refractivity (Wildman–Crippen MR) is 69.7 cm³/mol. The van der Waals surface area contributed by atoms with Crippen LogP contribution in [0.1, 0.15) is 23.7 Å². The Kier molecular flexibility index (Phi) is 5.39. The Balaban J connectivity index is 3.19. The van der Waals surface area contributed by atoms with Crippen LogP contribution in [0, 0.1) is 10.1 Å². The molecule has 1 aromatic heterocycles. The van der Waals surface area contributed by atoms with E-state index in [1.807, 2.05) is 0 Å². The molecular weight excluding hydrogens is 290 g/mol. The molecule has 1 heterocycles. The standard InChI is InChI=1S/C11H12ClN3O5/c1-2-3-14(6-10(16)17)11(18)7-4-9(12)13-5-8(7)15(19)20/h4-5H,2-3,6H2,1H3,(H,16,17). The summed E-state index contributed by atoms with van der Waals surface area (Å²) in [7, 11) is 0. The maximum absolute atomic E-state index is 12.2. The number of carboxylic acids is 1. The van der Waals surface area contributed by atoms with Crippen LogP contribution in [0.4, 0.5) is 5.69 Å². The Morgan fingerprint density at radius 2 is 2.20 bits per heavy atom. The van der Waals surface area contributed by atoms with Crippen molar-refractivity contribution in [3.63, 3.8) is 0 Å². The summed E-state index contributed by atoms with van der Waals surface area (Å²) in [5.41, 5.74) is -0.782. The summed E-state index contributed by atoms with van der Waals surface area (Å²) in [5.74, 6) is -1.96.